The minimum absolute atomic E-state index is 0.366. The van der Waals surface area contributed by atoms with Gasteiger partial charge in [-0.05, 0) is 132 Å². The quantitative estimate of drug-likeness (QED) is 0.238. The van der Waals surface area contributed by atoms with Gasteiger partial charge in [-0.1, -0.05) is 25.5 Å². The first-order valence-corrected chi connectivity index (χ1v) is 19.8. The van der Waals surface area contributed by atoms with Gasteiger partial charge in [-0.2, -0.15) is 0 Å². The lowest BCUT2D eigenvalue weighted by Gasteiger charge is -2.57. The Labute approximate surface area is 194 Å². The fraction of sp³-hybridized carbons (Fsp3) is 0.852. The highest BCUT2D eigenvalue weighted by molar-refractivity contribution is 6.70. The summed E-state index contributed by atoms with van der Waals surface area (Å²) in [6, 6.07) is 0. The lowest BCUT2D eigenvalue weighted by molar-refractivity contribution is -0.0256. The number of hydrogen-bond donors (Lipinski definition) is 0. The van der Waals surface area contributed by atoms with Gasteiger partial charge in [-0.25, -0.2) is 0 Å². The van der Waals surface area contributed by atoms with Crippen molar-refractivity contribution in [3.63, 3.8) is 0 Å². The average molecular weight is 461 g/mol. The summed E-state index contributed by atoms with van der Waals surface area (Å²) in [4.78, 5) is 0. The fourth-order valence-corrected chi connectivity index (χ4v) is 10.4. The zero-order chi connectivity index (χ0) is 22.8. The van der Waals surface area contributed by atoms with Crippen LogP contribution in [0.1, 0.15) is 72.1 Å². The maximum atomic E-state index is 6.56. The summed E-state index contributed by atoms with van der Waals surface area (Å²) in [5.74, 6) is 3.85. The van der Waals surface area contributed by atoms with Crippen molar-refractivity contribution in [1.82, 2.24) is 0 Å². The van der Waals surface area contributed by atoms with Gasteiger partial charge >= 0.3 is 0 Å². The molecular formula is C27H48O2Si2. The molecule has 3 unspecified atom stereocenters. The minimum Gasteiger partial charge on any atom is -0.548 e. The Hall–Kier alpha value is -0.326. The van der Waals surface area contributed by atoms with E-state index in [0.29, 0.717) is 16.9 Å². The molecule has 2 nitrogen and oxygen atoms in total. The molecule has 4 aliphatic carbocycles. The summed E-state index contributed by atoms with van der Waals surface area (Å²) < 4.78 is 13.1. The maximum absolute atomic E-state index is 6.56. The second kappa shape index (κ2) is 7.87. The molecule has 4 heteroatoms. The molecule has 176 valence electrons. The Morgan fingerprint density at radius 2 is 1.55 bits per heavy atom. The topological polar surface area (TPSA) is 18.5 Å². The van der Waals surface area contributed by atoms with Crippen molar-refractivity contribution in [2.75, 3.05) is 0 Å². The van der Waals surface area contributed by atoms with E-state index in [-0.39, 0.29) is 0 Å². The van der Waals surface area contributed by atoms with Crippen molar-refractivity contribution < 1.29 is 8.85 Å². The highest BCUT2D eigenvalue weighted by Gasteiger charge is 2.57. The normalized spacial score (nSPS) is 42.3. The Kier molecular flexibility index (Phi) is 6.05. The fourth-order valence-electron chi connectivity index (χ4n) is 8.14. The molecule has 4 rings (SSSR count). The Morgan fingerprint density at radius 3 is 2.19 bits per heavy atom. The van der Waals surface area contributed by atoms with Gasteiger partial charge in [0.15, 0.2) is 8.32 Å². The standard InChI is InChI=1S/C27H48O2Si2/c1-19(28-30(4,5)6)23-12-13-24-22-11-10-20-18-21(29-31(7,8)9)14-16-26(20,2)25(22)15-17-27(23,24)3/h10,21-22,24-25H,11-18H2,1-9H3/b23-19+/t21-,22?,24?,25?,26-,27+/m0/s1. The summed E-state index contributed by atoms with van der Waals surface area (Å²) in [5.41, 5.74) is 4.20. The van der Waals surface area contributed by atoms with Crippen LogP contribution in [0, 0.1) is 28.6 Å². The van der Waals surface area contributed by atoms with Crippen LogP contribution < -0.4 is 0 Å². The number of fused-ring (bicyclic) bond motifs is 5. The van der Waals surface area contributed by atoms with Gasteiger partial charge in [-0.15, -0.1) is 0 Å². The van der Waals surface area contributed by atoms with Crippen LogP contribution in [0.3, 0.4) is 0 Å². The second-order valence-electron chi connectivity index (χ2n) is 13.6. The van der Waals surface area contributed by atoms with E-state index in [4.69, 9.17) is 8.85 Å². The van der Waals surface area contributed by atoms with Crippen molar-refractivity contribution in [2.24, 2.45) is 28.6 Å². The van der Waals surface area contributed by atoms with Gasteiger partial charge in [0.25, 0.3) is 0 Å². The molecule has 31 heavy (non-hydrogen) atoms. The molecule has 3 fully saturated rings. The molecule has 0 N–H and O–H groups in total. The minimum atomic E-state index is -1.55. The van der Waals surface area contributed by atoms with E-state index in [9.17, 15) is 0 Å². The van der Waals surface area contributed by atoms with E-state index >= 15 is 0 Å². The van der Waals surface area contributed by atoms with E-state index in [1.807, 2.05) is 0 Å². The zero-order valence-corrected chi connectivity index (χ0v) is 23.9. The summed E-state index contributed by atoms with van der Waals surface area (Å²) >= 11 is 0. The first-order chi connectivity index (χ1) is 14.2. The van der Waals surface area contributed by atoms with Crippen molar-refractivity contribution in [2.45, 2.75) is 118 Å². The zero-order valence-electron chi connectivity index (χ0n) is 21.9. The highest BCUT2D eigenvalue weighted by Crippen LogP contribution is 2.66. The van der Waals surface area contributed by atoms with Gasteiger partial charge in [0.1, 0.15) is 0 Å². The third-order valence-electron chi connectivity index (χ3n) is 9.25. The maximum Gasteiger partial charge on any atom is 0.241 e. The van der Waals surface area contributed by atoms with Crippen molar-refractivity contribution in [1.29, 1.82) is 0 Å². The molecular weight excluding hydrogens is 412 g/mol. The van der Waals surface area contributed by atoms with E-state index in [1.54, 1.807) is 11.1 Å². The summed E-state index contributed by atoms with van der Waals surface area (Å²) in [6.07, 6.45) is 13.6. The van der Waals surface area contributed by atoms with Crippen LogP contribution in [-0.2, 0) is 8.85 Å². The Balaban J connectivity index is 1.57. The van der Waals surface area contributed by atoms with Gasteiger partial charge in [0, 0.05) is 6.10 Å². The molecule has 0 radical (unpaired) electrons. The van der Waals surface area contributed by atoms with Gasteiger partial charge in [-0.3, -0.25) is 0 Å². The molecule has 6 atom stereocenters. The van der Waals surface area contributed by atoms with E-state index in [2.05, 4.69) is 66.1 Å². The van der Waals surface area contributed by atoms with Crippen molar-refractivity contribution in [3.8, 4) is 0 Å². The van der Waals surface area contributed by atoms with Crippen LogP contribution in [0.2, 0.25) is 39.3 Å². The molecule has 0 amide bonds. The monoisotopic (exact) mass is 460 g/mol. The Morgan fingerprint density at radius 1 is 0.903 bits per heavy atom. The molecule has 0 aromatic carbocycles. The smallest absolute Gasteiger partial charge is 0.241 e. The highest BCUT2D eigenvalue weighted by atomic mass is 28.4. The number of rotatable bonds is 4. The van der Waals surface area contributed by atoms with Crippen LogP contribution in [0.4, 0.5) is 0 Å². The first-order valence-electron chi connectivity index (χ1n) is 13.0. The summed E-state index contributed by atoms with van der Waals surface area (Å²) in [5, 5.41) is 0. The van der Waals surface area contributed by atoms with E-state index < -0.39 is 16.6 Å². The predicted octanol–water partition coefficient (Wildman–Crippen LogP) is 8.29. The molecule has 0 spiro atoms. The predicted molar refractivity (Wildman–Crippen MR) is 137 cm³/mol. The molecule has 0 aromatic heterocycles. The van der Waals surface area contributed by atoms with Crippen LogP contribution in [0.25, 0.3) is 0 Å². The molecule has 0 aromatic rings. The van der Waals surface area contributed by atoms with Gasteiger partial charge in [0.2, 0.25) is 8.32 Å². The van der Waals surface area contributed by atoms with Gasteiger partial charge in [0.05, 0.1) is 5.76 Å². The van der Waals surface area contributed by atoms with E-state index in [0.717, 1.165) is 17.8 Å². The summed E-state index contributed by atoms with van der Waals surface area (Å²) in [7, 11) is -3.01. The third-order valence-corrected chi connectivity index (χ3v) is 11.2. The van der Waals surface area contributed by atoms with Crippen LogP contribution in [-0.4, -0.2) is 22.7 Å². The molecule has 4 aliphatic rings. The molecule has 0 heterocycles. The lowest BCUT2D eigenvalue weighted by Crippen LogP contribution is -2.50. The lowest BCUT2D eigenvalue weighted by atomic mass is 9.48. The second-order valence-corrected chi connectivity index (χ2v) is 22.5. The summed E-state index contributed by atoms with van der Waals surface area (Å²) in [6.45, 7) is 21.5. The van der Waals surface area contributed by atoms with Crippen molar-refractivity contribution in [3.05, 3.63) is 23.0 Å². The van der Waals surface area contributed by atoms with Crippen molar-refractivity contribution >= 4 is 16.6 Å². The molecule has 0 aliphatic heterocycles. The largest absolute Gasteiger partial charge is 0.548 e. The van der Waals surface area contributed by atoms with Crippen LogP contribution in [0.15, 0.2) is 23.0 Å². The number of allylic oxidation sites excluding steroid dienone is 3. The van der Waals surface area contributed by atoms with E-state index in [1.165, 1.54) is 57.1 Å². The molecule has 0 bridgehead atoms. The molecule has 0 saturated heterocycles. The first kappa shape index (κ1) is 23.8. The Bertz CT molecular complexity index is 771. The van der Waals surface area contributed by atoms with Crippen LogP contribution in [0.5, 0.6) is 0 Å². The average Bonchev–Trinajstić information content (AvgIpc) is 2.97. The third kappa shape index (κ3) is 4.42. The van der Waals surface area contributed by atoms with Crippen LogP contribution >= 0.6 is 0 Å². The van der Waals surface area contributed by atoms with Gasteiger partial charge < -0.3 is 8.85 Å². The molecule has 3 saturated carbocycles. The number of hydrogen-bond acceptors (Lipinski definition) is 2. The SMILES string of the molecule is C/C(O[Si](C)(C)C)=C1/CCC2C3CC=C4C[C@@H](O[Si](C)(C)C)CC[C@]4(C)C3CC[C@]12C.